The minimum Gasteiger partial charge on any atom is -0.378 e. The highest BCUT2D eigenvalue weighted by molar-refractivity contribution is 5.26. The van der Waals surface area contributed by atoms with Gasteiger partial charge < -0.3 is 4.74 Å². The first kappa shape index (κ1) is 22.7. The Labute approximate surface area is 174 Å². The van der Waals surface area contributed by atoms with Crippen LogP contribution in [0.25, 0.3) is 0 Å². The van der Waals surface area contributed by atoms with Gasteiger partial charge in [0.2, 0.25) is 0 Å². The Morgan fingerprint density at radius 2 is 1.41 bits per heavy atom. The van der Waals surface area contributed by atoms with Gasteiger partial charge in [0.05, 0.1) is 12.5 Å². The van der Waals surface area contributed by atoms with E-state index in [1.807, 2.05) is 12.1 Å². The molecule has 0 atom stereocenters. The number of unbranched alkanes of at least 4 members (excludes halogenated alkanes) is 2. The number of alkyl halides is 3. The molecule has 2 saturated carbocycles. The highest BCUT2D eigenvalue weighted by Crippen LogP contribution is 2.43. The number of halogens is 3. The maximum absolute atomic E-state index is 12.5. The Kier molecular flexibility index (Phi) is 8.46. The third kappa shape index (κ3) is 7.31. The fourth-order valence-corrected chi connectivity index (χ4v) is 5.39. The smallest absolute Gasteiger partial charge is 0.378 e. The van der Waals surface area contributed by atoms with Crippen molar-refractivity contribution in [2.24, 2.45) is 11.8 Å². The zero-order valence-electron chi connectivity index (χ0n) is 17.9. The maximum atomic E-state index is 12.5. The highest BCUT2D eigenvalue weighted by Gasteiger charge is 2.32. The molecule has 164 valence electrons. The first-order valence-electron chi connectivity index (χ1n) is 11.7. The van der Waals surface area contributed by atoms with Gasteiger partial charge in [0, 0.05) is 6.61 Å². The van der Waals surface area contributed by atoms with Gasteiger partial charge in [-0.1, -0.05) is 44.0 Å². The Morgan fingerprint density at radius 3 is 1.97 bits per heavy atom. The highest BCUT2D eigenvalue weighted by atomic mass is 19.4. The number of hydrogen-bond donors (Lipinski definition) is 0. The molecule has 2 aliphatic carbocycles. The van der Waals surface area contributed by atoms with Crippen LogP contribution in [-0.2, 0) is 11.2 Å². The van der Waals surface area contributed by atoms with Crippen molar-refractivity contribution in [3.05, 3.63) is 35.4 Å². The van der Waals surface area contributed by atoms with Crippen LogP contribution in [0, 0.1) is 11.8 Å². The zero-order valence-corrected chi connectivity index (χ0v) is 17.9. The fraction of sp³-hybridized carbons (Fsp3) is 0.760. The van der Waals surface area contributed by atoms with E-state index in [-0.39, 0.29) is 0 Å². The lowest BCUT2D eigenvalue weighted by Gasteiger charge is -2.38. The molecule has 1 nitrogen and oxygen atoms in total. The molecule has 0 aromatic heterocycles. The molecule has 0 spiro atoms. The average Bonchev–Trinajstić information content (AvgIpc) is 2.71. The summed E-state index contributed by atoms with van der Waals surface area (Å²) >= 11 is 0. The van der Waals surface area contributed by atoms with E-state index in [0.717, 1.165) is 18.4 Å². The van der Waals surface area contributed by atoms with Crippen molar-refractivity contribution in [3.8, 4) is 0 Å². The second-order valence-electron chi connectivity index (χ2n) is 9.26. The van der Waals surface area contributed by atoms with Crippen LogP contribution in [0.1, 0.15) is 94.6 Å². The second-order valence-corrected chi connectivity index (χ2v) is 9.26. The quantitative estimate of drug-likeness (QED) is 0.397. The molecule has 0 radical (unpaired) electrons. The molecule has 1 aromatic rings. The van der Waals surface area contributed by atoms with Crippen LogP contribution < -0.4 is 0 Å². The van der Waals surface area contributed by atoms with Crippen molar-refractivity contribution in [1.82, 2.24) is 0 Å². The van der Waals surface area contributed by atoms with Crippen LogP contribution >= 0.6 is 0 Å². The Hall–Kier alpha value is -1.03. The lowest BCUT2D eigenvalue weighted by molar-refractivity contribution is -0.127. The van der Waals surface area contributed by atoms with Crippen molar-refractivity contribution in [1.29, 1.82) is 0 Å². The molecule has 29 heavy (non-hydrogen) atoms. The Morgan fingerprint density at radius 1 is 0.828 bits per heavy atom. The molecular formula is C25H37F3O. The van der Waals surface area contributed by atoms with Crippen LogP contribution in [-0.4, -0.2) is 18.9 Å². The van der Waals surface area contributed by atoms with Crippen LogP contribution in [0.5, 0.6) is 0 Å². The number of hydrogen-bond acceptors (Lipinski definition) is 1. The van der Waals surface area contributed by atoms with Gasteiger partial charge in [0.15, 0.2) is 0 Å². The third-order valence-electron chi connectivity index (χ3n) is 7.11. The topological polar surface area (TPSA) is 9.23 Å². The summed E-state index contributed by atoms with van der Waals surface area (Å²) in [6, 6.07) is 7.17. The minimum atomic E-state index is -4.13. The predicted octanol–water partition coefficient (Wildman–Crippen LogP) is 7.83. The normalized spacial score (nSPS) is 28.4. The average molecular weight is 411 g/mol. The summed E-state index contributed by atoms with van der Waals surface area (Å²) in [5.74, 6) is 2.20. The van der Waals surface area contributed by atoms with Gasteiger partial charge in [-0.05, 0) is 86.7 Å². The van der Waals surface area contributed by atoms with Crippen molar-refractivity contribution >= 4 is 0 Å². The van der Waals surface area contributed by atoms with E-state index >= 15 is 0 Å². The fourth-order valence-electron chi connectivity index (χ4n) is 5.39. The van der Waals surface area contributed by atoms with Gasteiger partial charge in [0.25, 0.3) is 0 Å². The van der Waals surface area contributed by atoms with Gasteiger partial charge in [0.1, 0.15) is 0 Å². The number of benzene rings is 1. The van der Waals surface area contributed by atoms with Gasteiger partial charge in [-0.3, -0.25) is 0 Å². The van der Waals surface area contributed by atoms with E-state index in [1.54, 1.807) is 12.1 Å². The first-order valence-corrected chi connectivity index (χ1v) is 11.7. The molecule has 2 fully saturated rings. The van der Waals surface area contributed by atoms with Crippen molar-refractivity contribution in [2.45, 2.75) is 102 Å². The van der Waals surface area contributed by atoms with Crippen molar-refractivity contribution in [2.75, 3.05) is 6.61 Å². The van der Waals surface area contributed by atoms with E-state index in [2.05, 4.69) is 6.92 Å². The molecule has 0 N–H and O–H groups in total. The molecule has 2 aliphatic rings. The number of rotatable bonds is 8. The molecule has 0 amide bonds. The molecule has 3 rings (SSSR count). The van der Waals surface area contributed by atoms with Gasteiger partial charge in [-0.15, -0.1) is 0 Å². The van der Waals surface area contributed by atoms with Crippen molar-refractivity contribution in [3.63, 3.8) is 0 Å². The van der Waals surface area contributed by atoms with E-state index in [1.165, 1.54) is 76.2 Å². The van der Waals surface area contributed by atoms with Crippen LogP contribution in [0.4, 0.5) is 13.2 Å². The summed E-state index contributed by atoms with van der Waals surface area (Å²) in [5, 5.41) is 0. The summed E-state index contributed by atoms with van der Waals surface area (Å²) < 4.78 is 43.6. The first-order chi connectivity index (χ1) is 13.9. The zero-order chi connectivity index (χ0) is 20.7. The lowest BCUT2D eigenvalue weighted by Crippen LogP contribution is -2.28. The molecule has 0 bridgehead atoms. The minimum absolute atomic E-state index is 0.364. The predicted molar refractivity (Wildman–Crippen MR) is 112 cm³/mol. The van der Waals surface area contributed by atoms with E-state index in [9.17, 15) is 13.2 Å². The summed E-state index contributed by atoms with van der Waals surface area (Å²) in [6.45, 7) is 3.15. The van der Waals surface area contributed by atoms with Gasteiger partial charge in [-0.2, -0.15) is 13.2 Å². The lowest BCUT2D eigenvalue weighted by atomic mass is 9.69. The molecule has 4 heteroatoms. The summed E-state index contributed by atoms with van der Waals surface area (Å²) in [5.41, 5.74) is 1.59. The summed E-state index contributed by atoms with van der Waals surface area (Å²) in [7, 11) is 0. The van der Waals surface area contributed by atoms with E-state index in [0.29, 0.717) is 17.6 Å². The number of ether oxygens (including phenoxy) is 1. The molecule has 0 saturated heterocycles. The van der Waals surface area contributed by atoms with Crippen LogP contribution in [0.2, 0.25) is 0 Å². The largest absolute Gasteiger partial charge is 0.393 e. The van der Waals surface area contributed by atoms with Gasteiger partial charge >= 0.3 is 6.18 Å². The van der Waals surface area contributed by atoms with Crippen LogP contribution in [0.3, 0.4) is 0 Å². The summed E-state index contributed by atoms with van der Waals surface area (Å²) in [4.78, 5) is 0. The van der Waals surface area contributed by atoms with E-state index < -0.39 is 12.6 Å². The second kappa shape index (κ2) is 10.8. The Balaban J connectivity index is 1.38. The molecule has 1 aromatic carbocycles. The van der Waals surface area contributed by atoms with E-state index in [4.69, 9.17) is 4.74 Å². The molecule has 0 unspecified atom stereocenters. The molecule has 0 aliphatic heterocycles. The SMILES string of the molecule is CCCCCO[C@H]1CC[C@H](C2CCC(c3ccc(CC(F)(F)F)cc3)CC2)CC1. The monoisotopic (exact) mass is 410 g/mol. The maximum Gasteiger partial charge on any atom is 0.393 e. The standard InChI is InChI=1S/C25H37F3O/c1-2-3-4-17-29-24-15-13-23(14-16-24)22-11-9-21(10-12-22)20-7-5-19(6-8-20)18-25(26,27)28/h5-8,21-24H,2-4,9-18H2,1H3/t21?,22?,23-,24-. The van der Waals surface area contributed by atoms with Crippen LogP contribution in [0.15, 0.2) is 24.3 Å². The Bertz CT molecular complexity index is 579. The third-order valence-corrected chi connectivity index (χ3v) is 7.11. The van der Waals surface area contributed by atoms with Crippen molar-refractivity contribution < 1.29 is 17.9 Å². The molecular weight excluding hydrogens is 373 g/mol. The van der Waals surface area contributed by atoms with Gasteiger partial charge in [-0.25, -0.2) is 0 Å². The molecule has 0 heterocycles. The summed E-state index contributed by atoms with van der Waals surface area (Å²) in [6.07, 6.45) is 9.17.